The summed E-state index contributed by atoms with van der Waals surface area (Å²) in [5.74, 6) is 0. The first kappa shape index (κ1) is 34.3. The van der Waals surface area contributed by atoms with E-state index in [2.05, 4.69) is 60.5 Å². The van der Waals surface area contributed by atoms with E-state index in [1.165, 1.54) is 22.4 Å². The van der Waals surface area contributed by atoms with Crippen LogP contribution in [0, 0.1) is 0 Å². The van der Waals surface area contributed by atoms with Crippen molar-refractivity contribution in [3.8, 4) is 0 Å². The smallest absolute Gasteiger partial charge is 0.741 e. The molecule has 0 spiro atoms. The largest absolute Gasteiger partial charge is 2.00 e. The molecular weight excluding hydrogens is 643 g/mol. The second-order valence-corrected chi connectivity index (χ2v) is 12.4. The fourth-order valence-electron chi connectivity index (χ4n) is 3.05. The second kappa shape index (κ2) is 18.5. The minimum atomic E-state index is -0.648. The Kier molecular flexibility index (Phi) is 15.5. The van der Waals surface area contributed by atoms with Gasteiger partial charge < -0.3 is 30.6 Å². The molecule has 0 aromatic heterocycles. The maximum atomic E-state index is 13.0. The van der Waals surface area contributed by atoms with Crippen LogP contribution in [0.5, 0.6) is 0 Å². The number of carbonyl (C=O) groups is 1. The molecule has 0 heterocycles. The van der Waals surface area contributed by atoms with Gasteiger partial charge in [0.15, 0.2) is 0 Å². The van der Waals surface area contributed by atoms with Gasteiger partial charge in [0.25, 0.3) is 0 Å². The van der Waals surface area contributed by atoms with Crippen molar-refractivity contribution in [2.45, 2.75) is 13.8 Å². The fraction of sp³-hybridized carbons (Fsp3) is 0.143. The van der Waals surface area contributed by atoms with E-state index in [1.54, 1.807) is 39.2 Å². The van der Waals surface area contributed by atoms with Gasteiger partial charge in [0.1, 0.15) is 0 Å². The Morgan fingerprint density at radius 1 is 0.805 bits per heavy atom. The van der Waals surface area contributed by atoms with Crippen molar-refractivity contribution >= 4 is 88.6 Å². The number of carbonyl (C=O) groups excluding carboxylic acids is 1. The Morgan fingerprint density at radius 3 is 1.83 bits per heavy atom. The summed E-state index contributed by atoms with van der Waals surface area (Å²) in [6.45, 7) is 3.47. The predicted octanol–water partition coefficient (Wildman–Crippen LogP) is 4.35. The van der Waals surface area contributed by atoms with Gasteiger partial charge >= 0.3 is 19.5 Å². The monoisotopic (exact) mass is 669 g/mol. The second-order valence-electron chi connectivity index (χ2n) is 8.08. The summed E-state index contributed by atoms with van der Waals surface area (Å²) in [5.41, 5.74) is 5.89. The number of nitrogens with zero attached hydrogens (tertiary/aromatic N) is 5. The van der Waals surface area contributed by atoms with Gasteiger partial charge in [-0.25, -0.2) is 0 Å². The quantitative estimate of drug-likeness (QED) is 0.0831. The molecule has 0 radical (unpaired) electrons. The molecule has 3 aromatic rings. The number of amidine groups is 2. The van der Waals surface area contributed by atoms with Crippen molar-refractivity contribution in [3.05, 3.63) is 96.1 Å². The maximum Gasteiger partial charge on any atom is 2.00 e. The molecule has 3 aromatic carbocycles. The van der Waals surface area contributed by atoms with Crippen molar-refractivity contribution in [1.82, 2.24) is 10.7 Å². The molecule has 0 aliphatic heterocycles. The normalized spacial score (nSPS) is 12.8. The van der Waals surface area contributed by atoms with E-state index in [1.807, 2.05) is 48.5 Å². The number of nitrogens with one attached hydrogen (secondary N) is 2. The zero-order chi connectivity index (χ0) is 28.7. The standard InChI is InChI=1S/C28H30N7OPS3.Zn/c1-20(31-34-27(38)29-3)21(2)32-35-28(39)33-30-18-22-14-16-23(17-15-22)26(36)40-19-37(24-10-6-4-7-11-24)25-12-8-5-9-13-25;/h4-18H,19H2,1-3H3,(H2,29,34,38)(H2,33,35,39);/q;+2/p-2/b30-18+,31-20+,32-21+;. The Balaban J connectivity index is 0.00000588. The fourth-order valence-corrected chi connectivity index (χ4v) is 7.02. The summed E-state index contributed by atoms with van der Waals surface area (Å²) >= 11 is 11.4. The number of thioether (sulfide) groups is 1. The molecule has 0 saturated heterocycles. The molecular formula is C28H28N7OPS3Zn. The molecule has 13 heteroatoms. The van der Waals surface area contributed by atoms with E-state index in [0.29, 0.717) is 22.5 Å². The molecule has 0 aliphatic rings. The zero-order valence-electron chi connectivity index (χ0n) is 22.9. The van der Waals surface area contributed by atoms with E-state index < -0.39 is 7.92 Å². The third-order valence-corrected chi connectivity index (χ3v) is 9.65. The van der Waals surface area contributed by atoms with Crippen molar-refractivity contribution in [1.29, 1.82) is 0 Å². The molecule has 3 rings (SSSR count). The van der Waals surface area contributed by atoms with E-state index in [0.717, 1.165) is 5.56 Å². The summed E-state index contributed by atoms with van der Waals surface area (Å²) in [6.07, 6.45) is 1.59. The van der Waals surface area contributed by atoms with Crippen LogP contribution in [0.1, 0.15) is 29.8 Å². The van der Waals surface area contributed by atoms with Crippen LogP contribution in [0.3, 0.4) is 0 Å². The van der Waals surface area contributed by atoms with Crippen molar-refractivity contribution in [2.24, 2.45) is 25.5 Å². The van der Waals surface area contributed by atoms with Crippen LogP contribution >= 0.6 is 19.7 Å². The molecule has 8 nitrogen and oxygen atoms in total. The zero-order valence-corrected chi connectivity index (χ0v) is 29.2. The van der Waals surface area contributed by atoms with Gasteiger partial charge in [-0.05, 0) is 55.2 Å². The molecule has 0 fully saturated rings. The Morgan fingerprint density at radius 2 is 1.32 bits per heavy atom. The molecule has 0 aliphatic carbocycles. The Hall–Kier alpha value is -2.88. The van der Waals surface area contributed by atoms with E-state index >= 15 is 0 Å². The molecule has 41 heavy (non-hydrogen) atoms. The van der Waals surface area contributed by atoms with Crippen LogP contribution in [0.15, 0.2) is 110 Å². The summed E-state index contributed by atoms with van der Waals surface area (Å²) in [6, 6.07) is 28.0. The number of hydrogen-bond donors (Lipinski definition) is 2. The van der Waals surface area contributed by atoms with Crippen LogP contribution < -0.4 is 21.4 Å². The maximum absolute atomic E-state index is 13.0. The minimum absolute atomic E-state index is 0. The van der Waals surface area contributed by atoms with Crippen LogP contribution in [0.25, 0.3) is 0 Å². The van der Waals surface area contributed by atoms with E-state index in [-0.39, 0.29) is 34.9 Å². The van der Waals surface area contributed by atoms with Gasteiger partial charge in [0, 0.05) is 23.3 Å². The summed E-state index contributed by atoms with van der Waals surface area (Å²) in [5, 5.41) is 25.4. The topological polar surface area (TPSA) is 103 Å². The average molecular weight is 671 g/mol. The first-order valence-electron chi connectivity index (χ1n) is 12.1. The van der Waals surface area contributed by atoms with Crippen molar-refractivity contribution in [3.63, 3.8) is 0 Å². The van der Waals surface area contributed by atoms with Crippen LogP contribution in [0.2, 0.25) is 0 Å². The van der Waals surface area contributed by atoms with Gasteiger partial charge in [-0.15, -0.1) is 0 Å². The van der Waals surface area contributed by atoms with Crippen molar-refractivity contribution in [2.75, 3.05) is 12.5 Å². The number of hydrazone groups is 1. The number of rotatable bonds is 10. The van der Waals surface area contributed by atoms with Gasteiger partial charge in [0.2, 0.25) is 5.12 Å². The van der Waals surface area contributed by atoms with Gasteiger partial charge in [-0.1, -0.05) is 84.6 Å². The van der Waals surface area contributed by atoms with E-state index in [4.69, 9.17) is 25.3 Å². The summed E-state index contributed by atoms with van der Waals surface area (Å²) in [4.78, 5) is 13.0. The van der Waals surface area contributed by atoms with Crippen LogP contribution in [0.4, 0.5) is 0 Å². The molecule has 206 valence electrons. The van der Waals surface area contributed by atoms with Crippen molar-refractivity contribution < 1.29 is 24.3 Å². The Bertz CT molecular complexity index is 1380. The summed E-state index contributed by atoms with van der Waals surface area (Å²) < 4.78 is 0. The average Bonchev–Trinajstić information content (AvgIpc) is 2.99. The molecule has 0 unspecified atom stereocenters. The predicted molar refractivity (Wildman–Crippen MR) is 178 cm³/mol. The summed E-state index contributed by atoms with van der Waals surface area (Å²) in [7, 11) is 1.02. The van der Waals surface area contributed by atoms with E-state index in [9.17, 15) is 4.79 Å². The van der Waals surface area contributed by atoms with Gasteiger partial charge in [-0.2, -0.15) is 25.5 Å². The molecule has 0 saturated carbocycles. The first-order chi connectivity index (χ1) is 19.4. The molecule has 2 N–H and O–H groups in total. The molecule has 0 amide bonds. The van der Waals surface area contributed by atoms with Crippen LogP contribution in [-0.2, 0) is 44.7 Å². The van der Waals surface area contributed by atoms with Gasteiger partial charge in [-0.3, -0.25) is 10.2 Å². The number of benzene rings is 3. The molecule has 0 atom stereocenters. The third-order valence-electron chi connectivity index (χ3n) is 5.30. The van der Waals surface area contributed by atoms with Gasteiger partial charge in [0.05, 0.1) is 17.6 Å². The van der Waals surface area contributed by atoms with Crippen LogP contribution in [-0.4, -0.2) is 45.6 Å². The SMILES string of the molecule is CN/C([S-])=N/N=C(C)/C(C)=N/N=C(\[S-])N/N=C/c1ccc(C(=O)SCP(c2ccccc2)c2ccccc2)cc1.[Zn+2]. The third kappa shape index (κ3) is 11.9. The number of hydrogen-bond acceptors (Lipinski definition) is 9. The minimum Gasteiger partial charge on any atom is -0.741 e. The first-order valence-corrected chi connectivity index (χ1v) is 15.4. The molecule has 0 bridgehead atoms. The Labute approximate surface area is 270 Å².